The van der Waals surface area contributed by atoms with Crippen LogP contribution in [0.25, 0.3) is 0 Å². The lowest BCUT2D eigenvalue weighted by atomic mass is 10.0. The van der Waals surface area contributed by atoms with E-state index in [1.807, 2.05) is 0 Å². The number of hydrogen-bond acceptors (Lipinski definition) is 1. The molecule has 16 heavy (non-hydrogen) atoms. The van der Waals surface area contributed by atoms with Gasteiger partial charge in [0, 0.05) is 10.5 Å². The first-order valence-corrected chi connectivity index (χ1v) is 4.90. The van der Waals surface area contributed by atoms with E-state index >= 15 is 0 Å². The molecule has 0 aromatic heterocycles. The van der Waals surface area contributed by atoms with Gasteiger partial charge in [0.25, 0.3) is 0 Å². The molecule has 2 N–H and O–H groups in total. The summed E-state index contributed by atoms with van der Waals surface area (Å²) in [4.78, 5) is 0. The number of alkyl halides is 3. The molecule has 1 nitrogen and oxygen atoms in total. The molecule has 0 radical (unpaired) electrons. The monoisotopic (exact) mass is 315 g/mol. The Bertz CT molecular complexity index is 379. The van der Waals surface area contributed by atoms with Crippen LogP contribution in [0.1, 0.15) is 17.2 Å². The molecule has 0 aliphatic rings. The van der Waals surface area contributed by atoms with Gasteiger partial charge in [-0.15, -0.1) is 19.0 Å². The first kappa shape index (κ1) is 15.5. The maximum Gasteiger partial charge on any atom is 0.416 e. The van der Waals surface area contributed by atoms with Crippen LogP contribution in [-0.2, 0) is 6.18 Å². The molecule has 0 aliphatic heterocycles. The minimum absolute atomic E-state index is 0. The van der Waals surface area contributed by atoms with E-state index in [1.165, 1.54) is 12.1 Å². The van der Waals surface area contributed by atoms with E-state index in [0.717, 1.165) is 12.1 Å². The van der Waals surface area contributed by atoms with Crippen molar-refractivity contribution in [2.75, 3.05) is 0 Å². The van der Waals surface area contributed by atoms with E-state index in [2.05, 4.69) is 22.5 Å². The van der Waals surface area contributed by atoms with Crippen molar-refractivity contribution in [1.82, 2.24) is 0 Å². The van der Waals surface area contributed by atoms with E-state index in [9.17, 15) is 13.2 Å². The Morgan fingerprint density at radius 2 is 1.94 bits per heavy atom. The Kier molecular flexibility index (Phi) is 5.52. The Balaban J connectivity index is 0.00000225. The van der Waals surface area contributed by atoms with Crippen molar-refractivity contribution < 1.29 is 13.2 Å². The van der Waals surface area contributed by atoms with Gasteiger partial charge in [-0.3, -0.25) is 0 Å². The van der Waals surface area contributed by atoms with E-state index in [4.69, 9.17) is 5.73 Å². The second kappa shape index (κ2) is 5.70. The molecule has 0 unspecified atom stereocenters. The lowest BCUT2D eigenvalue weighted by Crippen LogP contribution is -2.11. The molecular formula is C10H10BrClF3N. The van der Waals surface area contributed by atoms with Crippen LogP contribution in [0, 0.1) is 0 Å². The van der Waals surface area contributed by atoms with Gasteiger partial charge in [0.05, 0.1) is 5.56 Å². The van der Waals surface area contributed by atoms with Gasteiger partial charge in [0.2, 0.25) is 0 Å². The molecule has 0 saturated carbocycles. The number of benzene rings is 1. The zero-order valence-corrected chi connectivity index (χ0v) is 10.5. The summed E-state index contributed by atoms with van der Waals surface area (Å²) in [7, 11) is 0. The average Bonchev–Trinajstić information content (AvgIpc) is 2.15. The molecule has 0 bridgehead atoms. The predicted octanol–water partition coefficient (Wildman–Crippen LogP) is 4.08. The van der Waals surface area contributed by atoms with Crippen molar-refractivity contribution in [3.8, 4) is 0 Å². The minimum Gasteiger partial charge on any atom is -0.321 e. The number of rotatable bonds is 2. The fourth-order valence-corrected chi connectivity index (χ4v) is 1.61. The first-order valence-electron chi connectivity index (χ1n) is 4.11. The Labute approximate surface area is 106 Å². The highest BCUT2D eigenvalue weighted by atomic mass is 79.9. The maximum absolute atomic E-state index is 12.4. The van der Waals surface area contributed by atoms with Crippen molar-refractivity contribution in [3.63, 3.8) is 0 Å². The molecular weight excluding hydrogens is 306 g/mol. The summed E-state index contributed by atoms with van der Waals surface area (Å²) in [5, 5.41) is 0. The van der Waals surface area contributed by atoms with Gasteiger partial charge < -0.3 is 5.73 Å². The van der Waals surface area contributed by atoms with Gasteiger partial charge in [0.1, 0.15) is 0 Å². The van der Waals surface area contributed by atoms with Crippen LogP contribution in [0.15, 0.2) is 35.3 Å². The summed E-state index contributed by atoms with van der Waals surface area (Å²) in [5.74, 6) is 0. The van der Waals surface area contributed by atoms with E-state index in [0.29, 0.717) is 10.0 Å². The average molecular weight is 317 g/mol. The molecule has 6 heteroatoms. The van der Waals surface area contributed by atoms with Gasteiger partial charge in [-0.05, 0) is 23.8 Å². The lowest BCUT2D eigenvalue weighted by Gasteiger charge is -2.13. The molecule has 1 aromatic carbocycles. The van der Waals surface area contributed by atoms with Gasteiger partial charge >= 0.3 is 6.18 Å². The van der Waals surface area contributed by atoms with Gasteiger partial charge in [-0.2, -0.15) is 13.2 Å². The number of hydrogen-bond donors (Lipinski definition) is 1. The van der Waals surface area contributed by atoms with E-state index in [1.54, 1.807) is 0 Å². The fraction of sp³-hybridized carbons (Fsp3) is 0.200. The van der Waals surface area contributed by atoms with E-state index < -0.39 is 17.8 Å². The van der Waals surface area contributed by atoms with Crippen LogP contribution in [0.5, 0.6) is 0 Å². The molecule has 0 spiro atoms. The van der Waals surface area contributed by atoms with Crippen LogP contribution in [-0.4, -0.2) is 0 Å². The second-order valence-electron chi connectivity index (χ2n) is 3.00. The van der Waals surface area contributed by atoms with Crippen molar-refractivity contribution >= 4 is 28.3 Å². The number of halogens is 5. The molecule has 1 rings (SSSR count). The van der Waals surface area contributed by atoms with Crippen LogP contribution in [0.3, 0.4) is 0 Å². The lowest BCUT2D eigenvalue weighted by molar-refractivity contribution is -0.137. The van der Waals surface area contributed by atoms with Crippen molar-refractivity contribution in [3.05, 3.63) is 46.5 Å². The Hall–Kier alpha value is -0.520. The fourth-order valence-electron chi connectivity index (χ4n) is 1.10. The van der Waals surface area contributed by atoms with Gasteiger partial charge in [0.15, 0.2) is 0 Å². The first-order chi connectivity index (χ1) is 6.86. The Morgan fingerprint density at radius 3 is 2.38 bits per heavy atom. The highest BCUT2D eigenvalue weighted by Crippen LogP contribution is 2.33. The third kappa shape index (κ3) is 3.50. The smallest absolute Gasteiger partial charge is 0.321 e. The van der Waals surface area contributed by atoms with Crippen LogP contribution in [0.2, 0.25) is 0 Å². The molecule has 0 saturated heterocycles. The third-order valence-corrected chi connectivity index (χ3v) is 2.66. The SMILES string of the molecule is C=C[C@@H](N)c1cc(C(F)(F)F)ccc1Br.Cl. The van der Waals surface area contributed by atoms with Gasteiger partial charge in [-0.25, -0.2) is 0 Å². The zero-order valence-electron chi connectivity index (χ0n) is 8.09. The largest absolute Gasteiger partial charge is 0.416 e. The normalized spacial score (nSPS) is 12.8. The molecule has 0 fully saturated rings. The highest BCUT2D eigenvalue weighted by Gasteiger charge is 2.31. The third-order valence-electron chi connectivity index (χ3n) is 1.94. The quantitative estimate of drug-likeness (QED) is 0.818. The standard InChI is InChI=1S/C10H9BrF3N.ClH/c1-2-9(15)7-5-6(10(12,13)14)3-4-8(7)11;/h2-5,9H,1,15H2;1H/t9-;/m1./s1. The van der Waals surface area contributed by atoms with Crippen LogP contribution < -0.4 is 5.73 Å². The summed E-state index contributed by atoms with van der Waals surface area (Å²) >= 11 is 3.14. The molecule has 0 aliphatic carbocycles. The topological polar surface area (TPSA) is 26.0 Å². The molecule has 90 valence electrons. The molecule has 0 heterocycles. The summed E-state index contributed by atoms with van der Waals surface area (Å²) < 4.78 is 37.7. The molecule has 1 aromatic rings. The number of nitrogens with two attached hydrogens (primary N) is 1. The summed E-state index contributed by atoms with van der Waals surface area (Å²) in [6.45, 7) is 3.44. The zero-order chi connectivity index (χ0) is 11.6. The Morgan fingerprint density at radius 1 is 1.38 bits per heavy atom. The molecule has 1 atom stereocenters. The van der Waals surface area contributed by atoms with E-state index in [-0.39, 0.29) is 12.4 Å². The van der Waals surface area contributed by atoms with Crippen molar-refractivity contribution in [2.45, 2.75) is 12.2 Å². The molecule has 0 amide bonds. The summed E-state index contributed by atoms with van der Waals surface area (Å²) in [5.41, 5.74) is 5.26. The van der Waals surface area contributed by atoms with Crippen LogP contribution >= 0.6 is 28.3 Å². The maximum atomic E-state index is 12.4. The summed E-state index contributed by atoms with van der Waals surface area (Å²) in [6.07, 6.45) is -2.96. The van der Waals surface area contributed by atoms with Crippen LogP contribution in [0.4, 0.5) is 13.2 Å². The predicted molar refractivity (Wildman–Crippen MR) is 63.5 cm³/mol. The summed E-state index contributed by atoms with van der Waals surface area (Å²) in [6, 6.07) is 2.75. The highest BCUT2D eigenvalue weighted by molar-refractivity contribution is 9.10. The second-order valence-corrected chi connectivity index (χ2v) is 3.85. The van der Waals surface area contributed by atoms with Crippen molar-refractivity contribution in [2.24, 2.45) is 5.73 Å². The van der Waals surface area contributed by atoms with Gasteiger partial charge in [-0.1, -0.05) is 22.0 Å². The van der Waals surface area contributed by atoms with Crippen molar-refractivity contribution in [1.29, 1.82) is 0 Å². The minimum atomic E-state index is -4.35.